The van der Waals surface area contributed by atoms with E-state index in [1.54, 1.807) is 0 Å². The van der Waals surface area contributed by atoms with Crippen LogP contribution in [0.2, 0.25) is 0 Å². The molecule has 1 unspecified atom stereocenters. The van der Waals surface area contributed by atoms with Gasteiger partial charge in [-0.2, -0.15) is 0 Å². The lowest BCUT2D eigenvalue weighted by Gasteiger charge is -2.37. The third kappa shape index (κ3) is 4.62. The van der Waals surface area contributed by atoms with Crippen LogP contribution in [0.25, 0.3) is 0 Å². The Morgan fingerprint density at radius 2 is 1.56 bits per heavy atom. The number of likely N-dealkylation sites (tertiary alicyclic amines) is 1. The Bertz CT molecular complexity index is 665. The average molecular weight is 359 g/mol. The highest BCUT2D eigenvalue weighted by Gasteiger charge is 2.35. The summed E-state index contributed by atoms with van der Waals surface area (Å²) in [6.45, 7) is 3.42. The van der Waals surface area contributed by atoms with E-state index in [0.717, 1.165) is 37.9 Å². The number of piperidine rings is 1. The fourth-order valence-electron chi connectivity index (χ4n) is 3.52. The van der Waals surface area contributed by atoms with Gasteiger partial charge in [0.2, 0.25) is 5.91 Å². The van der Waals surface area contributed by atoms with Crippen molar-refractivity contribution < 1.29 is 4.79 Å². The number of amides is 1. The molecule has 1 atom stereocenters. The summed E-state index contributed by atoms with van der Waals surface area (Å²) in [6, 6.07) is 20.3. The summed E-state index contributed by atoms with van der Waals surface area (Å²) in [5.41, 5.74) is 7.69. The van der Waals surface area contributed by atoms with E-state index in [2.05, 4.69) is 30.3 Å². The molecule has 25 heavy (non-hydrogen) atoms. The Hall–Kier alpha value is -1.84. The lowest BCUT2D eigenvalue weighted by Crippen LogP contribution is -2.53. The van der Waals surface area contributed by atoms with E-state index in [1.807, 2.05) is 42.2 Å². The van der Waals surface area contributed by atoms with Gasteiger partial charge in [0, 0.05) is 13.1 Å². The van der Waals surface area contributed by atoms with Gasteiger partial charge in [0.15, 0.2) is 0 Å². The molecule has 0 bridgehead atoms. The van der Waals surface area contributed by atoms with Crippen molar-refractivity contribution in [2.75, 3.05) is 13.1 Å². The second-order valence-corrected chi connectivity index (χ2v) is 6.99. The lowest BCUT2D eigenvalue weighted by molar-refractivity contribution is -0.138. The Morgan fingerprint density at radius 1 is 1.04 bits per heavy atom. The van der Waals surface area contributed by atoms with Crippen molar-refractivity contribution in [2.24, 2.45) is 11.7 Å². The molecule has 0 spiro atoms. The van der Waals surface area contributed by atoms with Crippen molar-refractivity contribution in [3.63, 3.8) is 0 Å². The van der Waals surface area contributed by atoms with Crippen LogP contribution in [-0.2, 0) is 16.8 Å². The first-order valence-corrected chi connectivity index (χ1v) is 8.75. The van der Waals surface area contributed by atoms with Crippen LogP contribution in [0.3, 0.4) is 0 Å². The fourth-order valence-corrected chi connectivity index (χ4v) is 3.52. The number of hydrogen-bond donors (Lipinski definition) is 1. The molecule has 4 heteroatoms. The molecule has 0 aliphatic carbocycles. The second kappa shape index (κ2) is 8.50. The van der Waals surface area contributed by atoms with E-state index in [4.69, 9.17) is 5.73 Å². The standard InChI is InChI=1S/C21H26N2O.ClH/c1-21(22,19-10-6-3-7-11-19)20(24)23-14-12-18(13-15-23)16-17-8-4-2-5-9-17;/h2-11,18H,12-16,22H2,1H3;1H. The van der Waals surface area contributed by atoms with Gasteiger partial charge in [-0.3, -0.25) is 4.79 Å². The summed E-state index contributed by atoms with van der Waals surface area (Å²) < 4.78 is 0. The van der Waals surface area contributed by atoms with E-state index >= 15 is 0 Å². The average Bonchev–Trinajstić information content (AvgIpc) is 2.63. The van der Waals surface area contributed by atoms with Gasteiger partial charge in [0.05, 0.1) is 0 Å². The SMILES string of the molecule is CC(N)(C(=O)N1CCC(Cc2ccccc2)CC1)c1ccccc1.Cl. The van der Waals surface area contributed by atoms with Gasteiger partial charge in [-0.15, -0.1) is 12.4 Å². The molecule has 1 amide bonds. The number of halogens is 1. The molecule has 1 aliphatic heterocycles. The molecule has 1 saturated heterocycles. The smallest absolute Gasteiger partial charge is 0.246 e. The zero-order valence-corrected chi connectivity index (χ0v) is 15.5. The Balaban J connectivity index is 0.00000225. The van der Waals surface area contributed by atoms with Crippen LogP contribution in [0.15, 0.2) is 60.7 Å². The van der Waals surface area contributed by atoms with Crippen LogP contribution in [0.4, 0.5) is 0 Å². The molecule has 1 heterocycles. The molecule has 3 rings (SSSR count). The van der Waals surface area contributed by atoms with Crippen molar-refractivity contribution >= 4 is 18.3 Å². The first kappa shape index (κ1) is 19.5. The monoisotopic (exact) mass is 358 g/mol. The molecular weight excluding hydrogens is 332 g/mol. The Labute approximate surface area is 156 Å². The molecule has 2 N–H and O–H groups in total. The second-order valence-electron chi connectivity index (χ2n) is 6.99. The molecule has 2 aromatic rings. The zero-order chi connectivity index (χ0) is 17.0. The molecule has 1 fully saturated rings. The number of carbonyl (C=O) groups excluding carboxylic acids is 1. The largest absolute Gasteiger partial charge is 0.341 e. The third-order valence-electron chi connectivity index (χ3n) is 5.09. The minimum Gasteiger partial charge on any atom is -0.341 e. The zero-order valence-electron chi connectivity index (χ0n) is 14.7. The van der Waals surface area contributed by atoms with Gasteiger partial charge in [0.1, 0.15) is 5.54 Å². The van der Waals surface area contributed by atoms with Gasteiger partial charge in [-0.05, 0) is 43.2 Å². The number of nitrogens with two attached hydrogens (primary N) is 1. The van der Waals surface area contributed by atoms with E-state index in [0.29, 0.717) is 5.92 Å². The molecular formula is C21H27ClN2O. The highest BCUT2D eigenvalue weighted by atomic mass is 35.5. The van der Waals surface area contributed by atoms with E-state index in [-0.39, 0.29) is 18.3 Å². The molecule has 0 saturated carbocycles. The predicted molar refractivity (Wildman–Crippen MR) is 105 cm³/mol. The highest BCUT2D eigenvalue weighted by Crippen LogP contribution is 2.26. The molecule has 3 nitrogen and oxygen atoms in total. The van der Waals surface area contributed by atoms with Gasteiger partial charge >= 0.3 is 0 Å². The van der Waals surface area contributed by atoms with Crippen molar-refractivity contribution in [1.82, 2.24) is 4.90 Å². The molecule has 2 aromatic carbocycles. The van der Waals surface area contributed by atoms with E-state index in [1.165, 1.54) is 5.56 Å². The number of carbonyl (C=O) groups is 1. The van der Waals surface area contributed by atoms with Crippen LogP contribution in [0.5, 0.6) is 0 Å². The van der Waals surface area contributed by atoms with Crippen LogP contribution >= 0.6 is 12.4 Å². The summed E-state index contributed by atoms with van der Waals surface area (Å²) in [5, 5.41) is 0. The summed E-state index contributed by atoms with van der Waals surface area (Å²) in [6.07, 6.45) is 3.19. The Kier molecular flexibility index (Phi) is 6.63. The minimum absolute atomic E-state index is 0. The Morgan fingerprint density at radius 3 is 2.12 bits per heavy atom. The molecule has 0 aromatic heterocycles. The summed E-state index contributed by atoms with van der Waals surface area (Å²) in [7, 11) is 0. The van der Waals surface area contributed by atoms with Crippen molar-refractivity contribution in [1.29, 1.82) is 0 Å². The first-order chi connectivity index (χ1) is 11.6. The number of hydrogen-bond acceptors (Lipinski definition) is 2. The van der Waals surface area contributed by atoms with Gasteiger partial charge < -0.3 is 10.6 Å². The van der Waals surface area contributed by atoms with Crippen molar-refractivity contribution in [3.05, 3.63) is 71.8 Å². The molecule has 134 valence electrons. The van der Waals surface area contributed by atoms with Crippen LogP contribution in [0.1, 0.15) is 30.9 Å². The summed E-state index contributed by atoms with van der Waals surface area (Å²) >= 11 is 0. The van der Waals surface area contributed by atoms with Crippen molar-refractivity contribution in [3.8, 4) is 0 Å². The summed E-state index contributed by atoms with van der Waals surface area (Å²) in [5.74, 6) is 0.684. The van der Waals surface area contributed by atoms with Crippen LogP contribution < -0.4 is 5.73 Å². The predicted octanol–water partition coefficient (Wildman–Crippen LogP) is 3.76. The van der Waals surface area contributed by atoms with Crippen LogP contribution in [-0.4, -0.2) is 23.9 Å². The highest BCUT2D eigenvalue weighted by molar-refractivity contribution is 5.87. The van der Waals surface area contributed by atoms with E-state index in [9.17, 15) is 4.79 Å². The van der Waals surface area contributed by atoms with Gasteiger partial charge in [0.25, 0.3) is 0 Å². The van der Waals surface area contributed by atoms with Crippen molar-refractivity contribution in [2.45, 2.75) is 31.7 Å². The quantitative estimate of drug-likeness (QED) is 0.904. The first-order valence-electron chi connectivity index (χ1n) is 8.75. The number of nitrogens with zero attached hydrogens (tertiary/aromatic N) is 1. The molecule has 1 aliphatic rings. The maximum Gasteiger partial charge on any atom is 0.246 e. The van der Waals surface area contributed by atoms with Gasteiger partial charge in [-0.1, -0.05) is 60.7 Å². The fraction of sp³-hybridized carbons (Fsp3) is 0.381. The maximum atomic E-state index is 12.9. The molecule has 0 radical (unpaired) electrons. The third-order valence-corrected chi connectivity index (χ3v) is 5.09. The topological polar surface area (TPSA) is 46.3 Å². The minimum atomic E-state index is -0.951. The number of benzene rings is 2. The maximum absolute atomic E-state index is 12.9. The lowest BCUT2D eigenvalue weighted by atomic mass is 9.87. The van der Waals surface area contributed by atoms with E-state index < -0.39 is 5.54 Å². The van der Waals surface area contributed by atoms with Crippen LogP contribution in [0, 0.1) is 5.92 Å². The van der Waals surface area contributed by atoms with Gasteiger partial charge in [-0.25, -0.2) is 0 Å². The number of rotatable bonds is 4. The normalized spacial score (nSPS) is 17.4. The summed E-state index contributed by atoms with van der Waals surface area (Å²) in [4.78, 5) is 14.8.